The number of sulfone groups is 1. The summed E-state index contributed by atoms with van der Waals surface area (Å²) in [7, 11) is -3.35. The number of hydrogen-bond acceptors (Lipinski definition) is 8. The van der Waals surface area contributed by atoms with Gasteiger partial charge in [0.25, 0.3) is 5.56 Å². The van der Waals surface area contributed by atoms with Gasteiger partial charge in [-0.3, -0.25) is 14.3 Å². The molecule has 3 aromatic rings. The van der Waals surface area contributed by atoms with Crippen molar-refractivity contribution < 1.29 is 12.8 Å². The van der Waals surface area contributed by atoms with E-state index in [1.165, 1.54) is 22.9 Å². The van der Waals surface area contributed by atoms with E-state index in [-0.39, 0.29) is 28.2 Å². The van der Waals surface area contributed by atoms with Crippen LogP contribution in [-0.4, -0.2) is 45.9 Å². The molecule has 0 amide bonds. The van der Waals surface area contributed by atoms with Gasteiger partial charge in [-0.1, -0.05) is 0 Å². The summed E-state index contributed by atoms with van der Waals surface area (Å²) in [6.45, 7) is 2.53. The van der Waals surface area contributed by atoms with Crippen LogP contribution in [0, 0.1) is 6.92 Å². The average Bonchev–Trinajstić information content (AvgIpc) is 2.65. The van der Waals surface area contributed by atoms with Crippen LogP contribution < -0.4 is 10.9 Å². The van der Waals surface area contributed by atoms with E-state index in [1.54, 1.807) is 13.8 Å². The number of pyridine rings is 1. The Morgan fingerprint density at radius 3 is 2.59 bits per heavy atom. The fourth-order valence-corrected chi connectivity index (χ4v) is 3.46. The van der Waals surface area contributed by atoms with E-state index in [4.69, 9.17) is 11.6 Å². The Labute approximate surface area is 170 Å². The van der Waals surface area contributed by atoms with E-state index < -0.39 is 28.1 Å². The molecule has 0 aliphatic rings. The Kier molecular flexibility index (Phi) is 5.80. The molecule has 0 unspecified atom stereocenters. The summed E-state index contributed by atoms with van der Waals surface area (Å²) in [5, 5.41) is 2.81. The lowest BCUT2D eigenvalue weighted by Gasteiger charge is -2.16. The lowest BCUT2D eigenvalue weighted by atomic mass is 10.3. The zero-order valence-corrected chi connectivity index (χ0v) is 17.4. The van der Waals surface area contributed by atoms with Crippen LogP contribution in [0.5, 0.6) is 0 Å². The number of hydrogen-bond donors (Lipinski definition) is 1. The highest BCUT2D eigenvalue weighted by Gasteiger charge is 2.19. The Balaban J connectivity index is 2.01. The third kappa shape index (κ3) is 4.35. The van der Waals surface area contributed by atoms with E-state index >= 15 is 0 Å². The normalized spacial score (nSPS) is 12.9. The van der Waals surface area contributed by atoms with Gasteiger partial charge in [0.1, 0.15) is 12.2 Å². The quantitative estimate of drug-likeness (QED) is 0.578. The summed E-state index contributed by atoms with van der Waals surface area (Å²) in [5.74, 6) is -0.0270. The summed E-state index contributed by atoms with van der Waals surface area (Å²) in [4.78, 5) is 29.4. The standard InChI is InChI=1S/C17H18ClFN6O3S/c1-9(6-19)25-15-13(10(2)22-17(18)24-15)23-14(16(25)26)21-7-11-4-5-12(8-20-11)29(3,27)28/h4-5,8-9H,6-7H2,1-3H3,(H,21,23)/t9-/m0/s1. The van der Waals surface area contributed by atoms with E-state index in [9.17, 15) is 17.6 Å². The van der Waals surface area contributed by atoms with Gasteiger partial charge in [0, 0.05) is 12.5 Å². The molecular weight excluding hydrogens is 423 g/mol. The number of alkyl halides is 1. The topological polar surface area (TPSA) is 120 Å². The molecule has 1 N–H and O–H groups in total. The lowest BCUT2D eigenvalue weighted by Crippen LogP contribution is -2.29. The van der Waals surface area contributed by atoms with Gasteiger partial charge in [0.05, 0.1) is 28.9 Å². The number of nitrogens with one attached hydrogen (secondary N) is 1. The number of anilines is 1. The van der Waals surface area contributed by atoms with E-state index in [2.05, 4.69) is 25.3 Å². The van der Waals surface area contributed by atoms with Crippen molar-refractivity contribution in [3.63, 3.8) is 0 Å². The summed E-state index contributed by atoms with van der Waals surface area (Å²) in [5.41, 5.74) is 0.840. The van der Waals surface area contributed by atoms with Crippen LogP contribution in [0.4, 0.5) is 10.2 Å². The highest BCUT2D eigenvalue weighted by Crippen LogP contribution is 2.19. The maximum Gasteiger partial charge on any atom is 0.295 e. The van der Waals surface area contributed by atoms with Crippen LogP contribution >= 0.6 is 11.6 Å². The number of fused-ring (bicyclic) bond motifs is 1. The number of aryl methyl sites for hydroxylation is 1. The highest BCUT2D eigenvalue weighted by atomic mass is 35.5. The van der Waals surface area contributed by atoms with Gasteiger partial charge in [-0.15, -0.1) is 0 Å². The number of halogens is 2. The minimum absolute atomic E-state index is 0.0270. The summed E-state index contributed by atoms with van der Waals surface area (Å²) >= 11 is 5.90. The first-order valence-corrected chi connectivity index (χ1v) is 10.8. The minimum Gasteiger partial charge on any atom is -0.360 e. The van der Waals surface area contributed by atoms with Crippen molar-refractivity contribution in [1.29, 1.82) is 0 Å². The number of aromatic nitrogens is 5. The van der Waals surface area contributed by atoms with Crippen molar-refractivity contribution in [2.24, 2.45) is 0 Å². The summed E-state index contributed by atoms with van der Waals surface area (Å²) in [6.07, 6.45) is 2.33. The molecular formula is C17H18ClFN6O3S. The summed E-state index contributed by atoms with van der Waals surface area (Å²) < 4.78 is 37.6. The molecule has 0 bridgehead atoms. The van der Waals surface area contributed by atoms with Crippen molar-refractivity contribution in [2.75, 3.05) is 18.2 Å². The molecule has 154 valence electrons. The first-order chi connectivity index (χ1) is 13.6. The number of nitrogens with zero attached hydrogens (tertiary/aromatic N) is 5. The van der Waals surface area contributed by atoms with E-state index in [0.29, 0.717) is 16.9 Å². The molecule has 9 nitrogen and oxygen atoms in total. The van der Waals surface area contributed by atoms with Crippen LogP contribution in [0.1, 0.15) is 24.4 Å². The van der Waals surface area contributed by atoms with Crippen molar-refractivity contribution in [1.82, 2.24) is 24.5 Å². The molecule has 1 atom stereocenters. The van der Waals surface area contributed by atoms with E-state index in [0.717, 1.165) is 6.26 Å². The van der Waals surface area contributed by atoms with Crippen LogP contribution in [0.3, 0.4) is 0 Å². The zero-order chi connectivity index (χ0) is 21.3. The predicted molar refractivity (Wildman–Crippen MR) is 107 cm³/mol. The lowest BCUT2D eigenvalue weighted by molar-refractivity contribution is 0.376. The van der Waals surface area contributed by atoms with Crippen molar-refractivity contribution in [2.45, 2.75) is 31.3 Å². The molecule has 0 spiro atoms. The Hall–Kier alpha value is -2.66. The van der Waals surface area contributed by atoms with Gasteiger partial charge in [-0.05, 0) is 37.6 Å². The molecule has 0 saturated carbocycles. The highest BCUT2D eigenvalue weighted by molar-refractivity contribution is 7.90. The molecule has 0 aliphatic heterocycles. The Bertz CT molecular complexity index is 1230. The fraction of sp³-hybridized carbons (Fsp3) is 0.353. The van der Waals surface area contributed by atoms with Crippen molar-refractivity contribution in [3.05, 3.63) is 45.4 Å². The monoisotopic (exact) mass is 440 g/mol. The Morgan fingerprint density at radius 2 is 2.00 bits per heavy atom. The molecule has 3 heterocycles. The molecule has 3 rings (SSSR count). The predicted octanol–water partition coefficient (Wildman–Crippen LogP) is 2.09. The molecule has 0 saturated heterocycles. The third-order valence-corrected chi connectivity index (χ3v) is 5.48. The first kappa shape index (κ1) is 21.1. The molecule has 0 radical (unpaired) electrons. The smallest absolute Gasteiger partial charge is 0.295 e. The second-order valence-electron chi connectivity index (χ2n) is 6.50. The average molecular weight is 441 g/mol. The molecule has 0 fully saturated rings. The van der Waals surface area contributed by atoms with E-state index in [1.807, 2.05) is 0 Å². The van der Waals surface area contributed by atoms with Crippen LogP contribution in [0.15, 0.2) is 28.0 Å². The van der Waals surface area contributed by atoms with Crippen molar-refractivity contribution in [3.8, 4) is 0 Å². The molecule has 12 heteroatoms. The molecule has 0 aliphatic carbocycles. The largest absolute Gasteiger partial charge is 0.360 e. The van der Waals surface area contributed by atoms with Gasteiger partial charge in [-0.2, -0.15) is 4.98 Å². The Morgan fingerprint density at radius 1 is 1.28 bits per heavy atom. The van der Waals surface area contributed by atoms with Gasteiger partial charge in [0.2, 0.25) is 5.28 Å². The minimum atomic E-state index is -3.35. The van der Waals surface area contributed by atoms with Crippen LogP contribution in [-0.2, 0) is 16.4 Å². The first-order valence-electron chi connectivity index (χ1n) is 8.53. The van der Waals surface area contributed by atoms with Gasteiger partial charge in [0.15, 0.2) is 21.3 Å². The van der Waals surface area contributed by atoms with Crippen LogP contribution in [0.2, 0.25) is 5.28 Å². The maximum absolute atomic E-state index is 13.4. The van der Waals surface area contributed by atoms with Crippen molar-refractivity contribution >= 4 is 38.4 Å². The second kappa shape index (κ2) is 7.99. The summed E-state index contributed by atoms with van der Waals surface area (Å²) in [6, 6.07) is 2.17. The van der Waals surface area contributed by atoms with Gasteiger partial charge < -0.3 is 5.32 Å². The second-order valence-corrected chi connectivity index (χ2v) is 8.85. The fourth-order valence-electron chi connectivity index (χ4n) is 2.69. The van der Waals surface area contributed by atoms with Crippen LogP contribution in [0.25, 0.3) is 11.2 Å². The van der Waals surface area contributed by atoms with Gasteiger partial charge in [-0.25, -0.2) is 22.8 Å². The molecule has 29 heavy (non-hydrogen) atoms. The number of rotatable bonds is 6. The SMILES string of the molecule is Cc1nc(Cl)nc2c1nc(NCc1ccc(S(C)(=O)=O)cn1)c(=O)n2[C@@H](C)CF. The van der Waals surface area contributed by atoms with Gasteiger partial charge >= 0.3 is 0 Å². The molecule has 0 aromatic carbocycles. The third-order valence-electron chi connectivity index (χ3n) is 4.21. The zero-order valence-electron chi connectivity index (χ0n) is 15.8. The molecule has 3 aromatic heterocycles. The maximum atomic E-state index is 13.4.